The van der Waals surface area contributed by atoms with E-state index in [0.717, 1.165) is 57.8 Å². The Bertz CT molecular complexity index is 1020. The minimum atomic E-state index is -4.28. The highest BCUT2D eigenvalue weighted by Gasteiger charge is 2.26. The lowest BCUT2D eigenvalue weighted by atomic mass is 10.1. The van der Waals surface area contributed by atoms with Crippen LogP contribution in [0.1, 0.15) is 213 Å². The van der Waals surface area contributed by atoms with Crippen LogP contribution in [0, 0.1) is 0 Å². The zero-order chi connectivity index (χ0) is 42.7. The SMILES string of the molecule is CCCCCC/C=C\C/C=C\CCCCCCCC(=O)OC(COCCCCCCCCCCCC/C=C\CCCCCCCC)COP(=O)(O)OCC[N+](C)(C)C. The fourth-order valence-corrected chi connectivity index (χ4v) is 7.38. The predicted molar refractivity (Wildman–Crippen MR) is 247 cm³/mol. The third kappa shape index (κ3) is 45.8. The molecule has 0 aliphatic rings. The van der Waals surface area contributed by atoms with E-state index in [1.165, 1.54) is 135 Å². The van der Waals surface area contributed by atoms with Gasteiger partial charge < -0.3 is 18.9 Å². The summed E-state index contributed by atoms with van der Waals surface area (Å²) in [5, 5.41) is 0. The number of hydrogen-bond donors (Lipinski definition) is 1. The molecule has 0 aliphatic carbocycles. The van der Waals surface area contributed by atoms with Crippen molar-refractivity contribution in [1.82, 2.24) is 0 Å². The fourth-order valence-electron chi connectivity index (χ4n) is 6.64. The molecule has 0 spiro atoms. The second kappa shape index (κ2) is 42.4. The summed E-state index contributed by atoms with van der Waals surface area (Å²) in [7, 11) is 1.66. The number of phosphoric acid groups is 1. The third-order valence-corrected chi connectivity index (χ3v) is 11.4. The van der Waals surface area contributed by atoms with Crippen molar-refractivity contribution in [3.63, 3.8) is 0 Å². The number of likely N-dealkylation sites (N-methyl/N-ethyl adjacent to an activating group) is 1. The Labute approximate surface area is 359 Å². The van der Waals surface area contributed by atoms with Crippen LogP contribution in [0.2, 0.25) is 0 Å². The second-order valence-corrected chi connectivity index (χ2v) is 18.9. The Morgan fingerprint density at radius 1 is 0.534 bits per heavy atom. The number of nitrogens with zero attached hydrogens (tertiary/aromatic N) is 1. The lowest BCUT2D eigenvalue weighted by molar-refractivity contribution is -0.870. The first-order chi connectivity index (χ1) is 28.1. The fraction of sp³-hybridized carbons (Fsp3) is 0.857. The van der Waals surface area contributed by atoms with E-state index in [9.17, 15) is 14.3 Å². The minimum Gasteiger partial charge on any atom is -0.457 e. The normalized spacial score (nSPS) is 14.0. The van der Waals surface area contributed by atoms with Crippen molar-refractivity contribution in [2.45, 2.75) is 219 Å². The van der Waals surface area contributed by atoms with Gasteiger partial charge in [0.05, 0.1) is 34.4 Å². The molecule has 0 heterocycles. The molecule has 0 saturated heterocycles. The van der Waals surface area contributed by atoms with E-state index in [-0.39, 0.29) is 25.8 Å². The van der Waals surface area contributed by atoms with Crippen molar-refractivity contribution in [1.29, 1.82) is 0 Å². The molecule has 0 bridgehead atoms. The number of allylic oxidation sites excluding steroid dienone is 6. The maximum absolute atomic E-state index is 12.7. The van der Waals surface area contributed by atoms with Gasteiger partial charge in [-0.05, 0) is 70.6 Å². The molecule has 0 aliphatic heterocycles. The summed E-state index contributed by atoms with van der Waals surface area (Å²) in [5.41, 5.74) is 0. The van der Waals surface area contributed by atoms with Gasteiger partial charge in [0, 0.05) is 13.0 Å². The highest BCUT2D eigenvalue weighted by atomic mass is 31.2. The second-order valence-electron chi connectivity index (χ2n) is 17.5. The van der Waals surface area contributed by atoms with Gasteiger partial charge in [-0.15, -0.1) is 0 Å². The molecule has 58 heavy (non-hydrogen) atoms. The van der Waals surface area contributed by atoms with Gasteiger partial charge in [-0.3, -0.25) is 13.8 Å². The number of rotatable bonds is 45. The summed E-state index contributed by atoms with van der Waals surface area (Å²) in [6.07, 6.45) is 50.4. The van der Waals surface area contributed by atoms with Crippen LogP contribution >= 0.6 is 7.82 Å². The highest BCUT2D eigenvalue weighted by molar-refractivity contribution is 7.47. The molecule has 0 aromatic rings. The number of phosphoric ester groups is 1. The zero-order valence-electron chi connectivity index (χ0n) is 38.8. The third-order valence-electron chi connectivity index (χ3n) is 10.4. The molecule has 0 saturated carbocycles. The van der Waals surface area contributed by atoms with E-state index >= 15 is 0 Å². The summed E-state index contributed by atoms with van der Waals surface area (Å²) in [5.74, 6) is -0.326. The Kier molecular flexibility index (Phi) is 41.5. The molecule has 9 heteroatoms. The predicted octanol–water partition coefficient (Wildman–Crippen LogP) is 14.6. The number of unbranched alkanes of at least 4 members (excludes halogenated alkanes) is 25. The standard InChI is InChI=1S/C49H94NO7P/c1-6-8-10-12-14-16-18-20-22-24-25-26-27-29-31-33-35-37-39-41-44-54-46-48(47-56-58(52,53)55-45-43-50(3,4)5)57-49(51)42-40-38-36-34-32-30-28-23-21-19-17-15-13-11-9-7-2/h17,19-20,22-23,28,48H,6-16,18,21,24-27,29-47H2,1-5H3/p+1/b19-17-,22-20-,28-23-. The quantitative estimate of drug-likeness (QED) is 0.0215. The topological polar surface area (TPSA) is 91.3 Å². The Hall–Kier alpha value is -1.28. The van der Waals surface area contributed by atoms with Gasteiger partial charge in [0.1, 0.15) is 19.3 Å². The lowest BCUT2D eigenvalue weighted by Gasteiger charge is -2.24. The number of carbonyl (C=O) groups excluding carboxylic acids is 1. The summed E-state index contributed by atoms with van der Waals surface area (Å²) < 4.78 is 35.1. The number of hydrogen-bond acceptors (Lipinski definition) is 6. The van der Waals surface area contributed by atoms with Crippen molar-refractivity contribution in [2.75, 3.05) is 54.1 Å². The van der Waals surface area contributed by atoms with E-state index < -0.39 is 13.9 Å². The van der Waals surface area contributed by atoms with Crippen LogP contribution in [-0.2, 0) is 27.9 Å². The Morgan fingerprint density at radius 2 is 0.948 bits per heavy atom. The molecule has 0 fully saturated rings. The zero-order valence-corrected chi connectivity index (χ0v) is 39.7. The molecule has 0 rings (SSSR count). The van der Waals surface area contributed by atoms with Crippen LogP contribution in [0.25, 0.3) is 0 Å². The van der Waals surface area contributed by atoms with Gasteiger partial charge in [0.15, 0.2) is 0 Å². The molecule has 1 N–H and O–H groups in total. The van der Waals surface area contributed by atoms with Gasteiger partial charge in [-0.1, -0.05) is 172 Å². The first kappa shape index (κ1) is 56.7. The van der Waals surface area contributed by atoms with Crippen molar-refractivity contribution in [2.24, 2.45) is 0 Å². The van der Waals surface area contributed by atoms with Crippen LogP contribution < -0.4 is 0 Å². The monoisotopic (exact) mass is 841 g/mol. The first-order valence-corrected chi connectivity index (χ1v) is 25.7. The van der Waals surface area contributed by atoms with Gasteiger partial charge in [0.25, 0.3) is 0 Å². The van der Waals surface area contributed by atoms with Gasteiger partial charge in [-0.25, -0.2) is 4.57 Å². The molecule has 0 amide bonds. The van der Waals surface area contributed by atoms with Crippen LogP contribution in [0.5, 0.6) is 0 Å². The molecule has 0 aromatic carbocycles. The first-order valence-electron chi connectivity index (χ1n) is 24.2. The number of esters is 1. The number of quaternary nitrogens is 1. The van der Waals surface area contributed by atoms with Gasteiger partial charge in [-0.2, -0.15) is 0 Å². The Balaban J connectivity index is 4.18. The van der Waals surface area contributed by atoms with E-state index in [1.54, 1.807) is 0 Å². The van der Waals surface area contributed by atoms with E-state index in [1.807, 2.05) is 21.1 Å². The van der Waals surface area contributed by atoms with E-state index in [2.05, 4.69) is 50.3 Å². The minimum absolute atomic E-state index is 0.0857. The van der Waals surface area contributed by atoms with E-state index in [4.69, 9.17) is 18.5 Å². The number of carbonyl (C=O) groups is 1. The summed E-state index contributed by atoms with van der Waals surface area (Å²) >= 11 is 0. The molecule has 2 atom stereocenters. The van der Waals surface area contributed by atoms with Crippen molar-refractivity contribution in [3.05, 3.63) is 36.5 Å². The highest BCUT2D eigenvalue weighted by Crippen LogP contribution is 2.43. The summed E-state index contributed by atoms with van der Waals surface area (Å²) in [6, 6.07) is 0. The molecule has 0 aromatic heterocycles. The molecular weight excluding hydrogens is 746 g/mol. The maximum atomic E-state index is 12.7. The molecule has 8 nitrogen and oxygen atoms in total. The van der Waals surface area contributed by atoms with Crippen LogP contribution in [0.15, 0.2) is 36.5 Å². The molecular formula is C49H95NO7P+. The lowest BCUT2D eigenvalue weighted by Crippen LogP contribution is -2.37. The number of ether oxygens (including phenoxy) is 2. The van der Waals surface area contributed by atoms with Crippen LogP contribution in [0.4, 0.5) is 0 Å². The van der Waals surface area contributed by atoms with Gasteiger partial charge >= 0.3 is 13.8 Å². The van der Waals surface area contributed by atoms with Crippen molar-refractivity contribution < 1.29 is 37.3 Å². The van der Waals surface area contributed by atoms with Crippen molar-refractivity contribution in [3.8, 4) is 0 Å². The van der Waals surface area contributed by atoms with Crippen LogP contribution in [0.3, 0.4) is 0 Å². The molecule has 0 radical (unpaired) electrons. The maximum Gasteiger partial charge on any atom is 0.472 e. The van der Waals surface area contributed by atoms with Crippen molar-refractivity contribution >= 4 is 13.8 Å². The summed E-state index contributed by atoms with van der Waals surface area (Å²) in [4.78, 5) is 22.9. The van der Waals surface area contributed by atoms with Crippen LogP contribution in [-0.4, -0.2) is 75.6 Å². The smallest absolute Gasteiger partial charge is 0.457 e. The molecule has 342 valence electrons. The average Bonchev–Trinajstić information content (AvgIpc) is 3.18. The Morgan fingerprint density at radius 3 is 1.43 bits per heavy atom. The average molecular weight is 841 g/mol. The largest absolute Gasteiger partial charge is 0.472 e. The molecule has 2 unspecified atom stereocenters. The van der Waals surface area contributed by atoms with E-state index in [0.29, 0.717) is 24.1 Å². The van der Waals surface area contributed by atoms with Gasteiger partial charge in [0.2, 0.25) is 0 Å². The summed E-state index contributed by atoms with van der Waals surface area (Å²) in [6.45, 7) is 5.60.